The summed E-state index contributed by atoms with van der Waals surface area (Å²) in [5.74, 6) is -0.448. The third kappa shape index (κ3) is 5.74. The number of aromatic nitrogens is 3. The number of hydrogen-bond donors (Lipinski definition) is 3. The van der Waals surface area contributed by atoms with Gasteiger partial charge in [0, 0.05) is 31.3 Å². The average molecular weight is 401 g/mol. The zero-order valence-electron chi connectivity index (χ0n) is 15.8. The predicted molar refractivity (Wildman–Crippen MR) is 104 cm³/mol. The maximum Gasteiger partial charge on any atom is 0.315 e. The quantitative estimate of drug-likeness (QED) is 0.365. The van der Waals surface area contributed by atoms with Crippen molar-refractivity contribution in [2.24, 2.45) is 0 Å². The number of carbonyl (C=O) groups is 2. The molecular weight excluding hydrogens is 378 g/mol. The Balaban J connectivity index is 1.44. The Morgan fingerprint density at radius 1 is 1.17 bits per heavy atom. The molecule has 0 aliphatic heterocycles. The molecule has 3 amide bonds. The number of amides is 3. The average Bonchev–Trinajstić information content (AvgIpc) is 3.22. The molecule has 1 saturated carbocycles. The SMILES string of the molecule is O=C(NCCNC(=O)c1cn(-c2cccc([N+](=O)[O-])c2)nn1)NC1CCCCC1. The fourth-order valence-electron chi connectivity index (χ4n) is 3.17. The van der Waals surface area contributed by atoms with E-state index in [0.29, 0.717) is 5.69 Å². The molecule has 0 spiro atoms. The van der Waals surface area contributed by atoms with Gasteiger partial charge in [0.15, 0.2) is 5.69 Å². The van der Waals surface area contributed by atoms with Gasteiger partial charge in [0.05, 0.1) is 16.8 Å². The second-order valence-electron chi connectivity index (χ2n) is 6.82. The summed E-state index contributed by atoms with van der Waals surface area (Å²) in [4.78, 5) is 34.4. The molecule has 29 heavy (non-hydrogen) atoms. The molecule has 0 atom stereocenters. The highest BCUT2D eigenvalue weighted by molar-refractivity contribution is 5.91. The smallest absolute Gasteiger partial charge is 0.315 e. The van der Waals surface area contributed by atoms with Crippen molar-refractivity contribution < 1.29 is 14.5 Å². The summed E-state index contributed by atoms with van der Waals surface area (Å²) >= 11 is 0. The number of nitro benzene ring substituents is 1. The number of benzene rings is 1. The van der Waals surface area contributed by atoms with Gasteiger partial charge in [-0.05, 0) is 18.9 Å². The first-order chi connectivity index (χ1) is 14.0. The minimum atomic E-state index is -0.508. The van der Waals surface area contributed by atoms with Gasteiger partial charge >= 0.3 is 6.03 Å². The molecule has 11 nitrogen and oxygen atoms in total. The monoisotopic (exact) mass is 401 g/mol. The number of nitrogens with one attached hydrogen (secondary N) is 3. The van der Waals surface area contributed by atoms with Crippen LogP contribution in [0.3, 0.4) is 0 Å². The molecule has 1 heterocycles. The van der Waals surface area contributed by atoms with E-state index in [1.54, 1.807) is 6.07 Å². The maximum atomic E-state index is 12.2. The van der Waals surface area contributed by atoms with E-state index in [1.807, 2.05) is 0 Å². The van der Waals surface area contributed by atoms with Crippen LogP contribution in [-0.2, 0) is 0 Å². The van der Waals surface area contributed by atoms with Gasteiger partial charge in [0.1, 0.15) is 0 Å². The number of non-ortho nitro benzene ring substituents is 1. The van der Waals surface area contributed by atoms with Crippen LogP contribution in [-0.4, -0.2) is 51.0 Å². The molecule has 154 valence electrons. The minimum Gasteiger partial charge on any atom is -0.349 e. The van der Waals surface area contributed by atoms with Crippen molar-refractivity contribution >= 4 is 17.6 Å². The molecule has 1 aromatic heterocycles. The lowest BCUT2D eigenvalue weighted by atomic mass is 9.96. The van der Waals surface area contributed by atoms with Gasteiger partial charge in [-0.3, -0.25) is 14.9 Å². The lowest BCUT2D eigenvalue weighted by Gasteiger charge is -2.22. The summed E-state index contributed by atoms with van der Waals surface area (Å²) in [6.45, 7) is 0.518. The van der Waals surface area contributed by atoms with Gasteiger partial charge in [-0.1, -0.05) is 30.5 Å². The Morgan fingerprint density at radius 3 is 2.69 bits per heavy atom. The Hall–Kier alpha value is -3.50. The predicted octanol–water partition coefficient (Wildman–Crippen LogP) is 1.54. The molecule has 1 aliphatic rings. The van der Waals surface area contributed by atoms with Crippen molar-refractivity contribution in [1.82, 2.24) is 30.9 Å². The first-order valence-electron chi connectivity index (χ1n) is 9.52. The third-order valence-electron chi connectivity index (χ3n) is 4.67. The van der Waals surface area contributed by atoms with Crippen LogP contribution in [0.4, 0.5) is 10.5 Å². The van der Waals surface area contributed by atoms with E-state index >= 15 is 0 Å². The first kappa shape index (κ1) is 20.2. The van der Waals surface area contributed by atoms with Crippen LogP contribution in [0.5, 0.6) is 0 Å². The highest BCUT2D eigenvalue weighted by Gasteiger charge is 2.16. The van der Waals surface area contributed by atoms with E-state index < -0.39 is 10.8 Å². The van der Waals surface area contributed by atoms with Crippen LogP contribution >= 0.6 is 0 Å². The number of hydrogen-bond acceptors (Lipinski definition) is 6. The van der Waals surface area contributed by atoms with Crippen molar-refractivity contribution in [1.29, 1.82) is 0 Å². The molecule has 0 bridgehead atoms. The number of rotatable bonds is 7. The molecule has 1 aromatic carbocycles. The molecule has 3 rings (SSSR count). The van der Waals surface area contributed by atoms with Crippen molar-refractivity contribution in [3.8, 4) is 5.69 Å². The van der Waals surface area contributed by atoms with E-state index in [2.05, 4.69) is 26.3 Å². The van der Waals surface area contributed by atoms with Gasteiger partial charge in [-0.2, -0.15) is 0 Å². The van der Waals surface area contributed by atoms with Crippen LogP contribution in [0.2, 0.25) is 0 Å². The molecule has 0 radical (unpaired) electrons. The van der Waals surface area contributed by atoms with Gasteiger partial charge in [0.2, 0.25) is 0 Å². The molecule has 3 N–H and O–H groups in total. The normalized spacial score (nSPS) is 14.2. The second kappa shape index (κ2) is 9.62. The van der Waals surface area contributed by atoms with Crippen molar-refractivity contribution in [3.63, 3.8) is 0 Å². The van der Waals surface area contributed by atoms with Gasteiger partial charge in [-0.15, -0.1) is 5.10 Å². The first-order valence-corrected chi connectivity index (χ1v) is 9.52. The number of carbonyl (C=O) groups excluding carboxylic acids is 2. The highest BCUT2D eigenvalue weighted by Crippen LogP contribution is 2.17. The Morgan fingerprint density at radius 2 is 1.93 bits per heavy atom. The van der Waals surface area contributed by atoms with Crippen molar-refractivity contribution in [3.05, 3.63) is 46.3 Å². The lowest BCUT2D eigenvalue weighted by Crippen LogP contribution is -2.45. The van der Waals surface area contributed by atoms with E-state index in [0.717, 1.165) is 25.7 Å². The summed E-state index contributed by atoms with van der Waals surface area (Å²) in [5.41, 5.74) is 0.413. The molecule has 2 aromatic rings. The Bertz CT molecular complexity index is 877. The third-order valence-corrected chi connectivity index (χ3v) is 4.67. The highest BCUT2D eigenvalue weighted by atomic mass is 16.6. The topological polar surface area (TPSA) is 144 Å². The fourth-order valence-corrected chi connectivity index (χ4v) is 3.17. The van der Waals surface area contributed by atoms with Gasteiger partial charge < -0.3 is 16.0 Å². The molecule has 1 fully saturated rings. The summed E-state index contributed by atoms with van der Waals surface area (Å²) in [7, 11) is 0. The molecule has 0 unspecified atom stereocenters. The minimum absolute atomic E-state index is 0.0724. The van der Waals surface area contributed by atoms with E-state index in [9.17, 15) is 19.7 Å². The number of nitro groups is 1. The van der Waals surface area contributed by atoms with Crippen LogP contribution in [0.15, 0.2) is 30.5 Å². The van der Waals surface area contributed by atoms with E-state index in [-0.39, 0.29) is 36.5 Å². The summed E-state index contributed by atoms with van der Waals surface area (Å²) < 4.78 is 1.29. The van der Waals surface area contributed by atoms with Crippen molar-refractivity contribution in [2.75, 3.05) is 13.1 Å². The van der Waals surface area contributed by atoms with Gasteiger partial charge in [-0.25, -0.2) is 9.48 Å². The van der Waals surface area contributed by atoms with Crippen LogP contribution in [0.25, 0.3) is 5.69 Å². The number of urea groups is 1. The second-order valence-corrected chi connectivity index (χ2v) is 6.82. The molecular formula is C18H23N7O4. The zero-order chi connectivity index (χ0) is 20.6. The van der Waals surface area contributed by atoms with E-state index in [4.69, 9.17) is 0 Å². The lowest BCUT2D eigenvalue weighted by molar-refractivity contribution is -0.384. The zero-order valence-corrected chi connectivity index (χ0v) is 15.8. The van der Waals surface area contributed by atoms with E-state index in [1.165, 1.54) is 35.5 Å². The Kier molecular flexibility index (Phi) is 6.72. The molecule has 11 heteroatoms. The standard InChI is InChI=1S/C18H23N7O4/c26-17(19-9-10-20-18(27)21-13-5-2-1-3-6-13)16-12-24(23-22-16)14-7-4-8-15(11-14)25(28)29/h4,7-8,11-13H,1-3,5-6,9-10H2,(H,19,26)(H2,20,21,27). The van der Waals surface area contributed by atoms with Crippen molar-refractivity contribution in [2.45, 2.75) is 38.1 Å². The van der Waals surface area contributed by atoms with Crippen LogP contribution in [0.1, 0.15) is 42.6 Å². The molecule has 1 aliphatic carbocycles. The maximum absolute atomic E-state index is 12.2. The largest absolute Gasteiger partial charge is 0.349 e. The van der Waals surface area contributed by atoms with Crippen LogP contribution < -0.4 is 16.0 Å². The Labute approximate surface area is 167 Å². The number of nitrogens with zero attached hydrogens (tertiary/aromatic N) is 4. The molecule has 0 saturated heterocycles. The van der Waals surface area contributed by atoms with Gasteiger partial charge in [0.25, 0.3) is 11.6 Å². The summed E-state index contributed by atoms with van der Waals surface area (Å²) in [6, 6.07) is 5.85. The summed E-state index contributed by atoms with van der Waals surface area (Å²) in [5, 5.41) is 26.8. The van der Waals surface area contributed by atoms with Crippen LogP contribution in [0, 0.1) is 10.1 Å². The fraction of sp³-hybridized carbons (Fsp3) is 0.444. The summed E-state index contributed by atoms with van der Waals surface area (Å²) in [6.07, 6.45) is 6.89.